The van der Waals surface area contributed by atoms with Crippen molar-refractivity contribution in [3.8, 4) is 17.2 Å². The van der Waals surface area contributed by atoms with Crippen molar-refractivity contribution in [2.24, 2.45) is 5.73 Å². The van der Waals surface area contributed by atoms with Crippen molar-refractivity contribution in [2.75, 3.05) is 7.11 Å². The number of rotatable bonds is 7. The van der Waals surface area contributed by atoms with Crippen LogP contribution in [0.1, 0.15) is 19.2 Å². The van der Waals surface area contributed by atoms with Crippen molar-refractivity contribution in [2.45, 2.75) is 24.3 Å². The maximum Gasteiger partial charge on any atom is 0.257 e. The van der Waals surface area contributed by atoms with Crippen LogP contribution in [0, 0.1) is 0 Å². The van der Waals surface area contributed by atoms with Crippen molar-refractivity contribution in [3.05, 3.63) is 30.1 Å². The lowest BCUT2D eigenvalue weighted by molar-refractivity contribution is -0.117. The van der Waals surface area contributed by atoms with Gasteiger partial charge in [0.2, 0.25) is 5.91 Å². The minimum Gasteiger partial charge on any atom is -0.497 e. The molecule has 0 saturated carbocycles. The van der Waals surface area contributed by atoms with Crippen LogP contribution < -0.4 is 10.5 Å². The molecule has 2 rings (SSSR count). The molecule has 0 aliphatic rings. The molecule has 0 radical (unpaired) electrons. The summed E-state index contributed by atoms with van der Waals surface area (Å²) in [7, 11) is 1.61. The fourth-order valence-electron chi connectivity index (χ4n) is 1.74. The molecule has 6 nitrogen and oxygen atoms in total. The zero-order valence-corrected chi connectivity index (χ0v) is 12.7. The largest absolute Gasteiger partial charge is 0.497 e. The number of methoxy groups -OCH3 is 1. The Balaban J connectivity index is 2.02. The Bertz CT molecular complexity index is 598. The van der Waals surface area contributed by atoms with Gasteiger partial charge in [0.1, 0.15) is 5.75 Å². The molecule has 1 heterocycles. The van der Waals surface area contributed by atoms with Gasteiger partial charge in [0.25, 0.3) is 5.89 Å². The van der Waals surface area contributed by atoms with E-state index in [0.717, 1.165) is 11.3 Å². The fourth-order valence-corrected chi connectivity index (χ4v) is 2.61. The van der Waals surface area contributed by atoms with Gasteiger partial charge in [-0.2, -0.15) is 4.98 Å². The van der Waals surface area contributed by atoms with Crippen molar-refractivity contribution in [1.82, 2.24) is 10.1 Å². The number of aromatic nitrogens is 2. The van der Waals surface area contributed by atoms with Gasteiger partial charge >= 0.3 is 0 Å². The van der Waals surface area contributed by atoms with Gasteiger partial charge in [-0.05, 0) is 30.7 Å². The van der Waals surface area contributed by atoms with E-state index in [2.05, 4.69) is 10.1 Å². The summed E-state index contributed by atoms with van der Waals surface area (Å²) in [4.78, 5) is 15.5. The number of nitrogens with zero attached hydrogens (tertiary/aromatic N) is 2. The van der Waals surface area contributed by atoms with Crippen LogP contribution in [-0.2, 0) is 10.5 Å². The molecular formula is C14H17N3O3S. The summed E-state index contributed by atoms with van der Waals surface area (Å²) in [5, 5.41) is 3.68. The summed E-state index contributed by atoms with van der Waals surface area (Å²) in [5.41, 5.74) is 6.12. The molecule has 21 heavy (non-hydrogen) atoms. The predicted molar refractivity (Wildman–Crippen MR) is 80.9 cm³/mol. The molecule has 1 aromatic heterocycles. The number of nitrogens with two attached hydrogens (primary N) is 1. The third-order valence-electron chi connectivity index (χ3n) is 2.91. The SMILES string of the molecule is CCC(SCc1noc(-c2ccc(OC)cc2)n1)C(N)=O. The zero-order valence-electron chi connectivity index (χ0n) is 11.9. The highest BCUT2D eigenvalue weighted by atomic mass is 32.2. The Morgan fingerprint density at radius 1 is 1.43 bits per heavy atom. The smallest absolute Gasteiger partial charge is 0.257 e. The lowest BCUT2D eigenvalue weighted by atomic mass is 10.2. The van der Waals surface area contributed by atoms with E-state index in [1.54, 1.807) is 7.11 Å². The summed E-state index contributed by atoms with van der Waals surface area (Å²) in [6, 6.07) is 7.35. The van der Waals surface area contributed by atoms with E-state index < -0.39 is 0 Å². The molecule has 1 amide bonds. The van der Waals surface area contributed by atoms with E-state index in [4.69, 9.17) is 15.0 Å². The molecule has 0 aliphatic carbocycles. The molecule has 0 aliphatic heterocycles. The van der Waals surface area contributed by atoms with E-state index in [1.807, 2.05) is 31.2 Å². The molecule has 0 saturated heterocycles. The molecule has 0 spiro atoms. The Morgan fingerprint density at radius 3 is 2.71 bits per heavy atom. The van der Waals surface area contributed by atoms with Crippen LogP contribution in [-0.4, -0.2) is 28.4 Å². The lowest BCUT2D eigenvalue weighted by Gasteiger charge is -2.07. The van der Waals surface area contributed by atoms with E-state index in [-0.39, 0.29) is 11.2 Å². The van der Waals surface area contributed by atoms with Crippen LogP contribution in [0.25, 0.3) is 11.5 Å². The van der Waals surface area contributed by atoms with Crippen molar-refractivity contribution < 1.29 is 14.1 Å². The number of hydrogen-bond acceptors (Lipinski definition) is 6. The van der Waals surface area contributed by atoms with Crippen LogP contribution in [0.3, 0.4) is 0 Å². The van der Waals surface area contributed by atoms with Gasteiger partial charge in [-0.1, -0.05) is 12.1 Å². The number of amides is 1. The normalized spacial score (nSPS) is 12.1. The minimum atomic E-state index is -0.318. The molecule has 1 unspecified atom stereocenters. The first-order valence-corrected chi connectivity index (χ1v) is 7.56. The maximum absolute atomic E-state index is 11.2. The minimum absolute atomic E-state index is 0.229. The quantitative estimate of drug-likeness (QED) is 0.843. The second-order valence-corrected chi connectivity index (χ2v) is 5.55. The number of ether oxygens (including phenoxy) is 1. The molecule has 112 valence electrons. The van der Waals surface area contributed by atoms with Crippen molar-refractivity contribution >= 4 is 17.7 Å². The van der Waals surface area contributed by atoms with Crippen LogP contribution in [0.15, 0.2) is 28.8 Å². The number of primary amides is 1. The van der Waals surface area contributed by atoms with Crippen LogP contribution >= 0.6 is 11.8 Å². The molecule has 0 fully saturated rings. The van der Waals surface area contributed by atoms with Crippen molar-refractivity contribution in [3.63, 3.8) is 0 Å². The molecule has 1 aromatic carbocycles. The van der Waals surface area contributed by atoms with Gasteiger partial charge < -0.3 is 15.0 Å². The van der Waals surface area contributed by atoms with Gasteiger partial charge in [-0.25, -0.2) is 0 Å². The summed E-state index contributed by atoms with van der Waals surface area (Å²) in [6.07, 6.45) is 0.684. The van der Waals surface area contributed by atoms with E-state index >= 15 is 0 Å². The van der Waals surface area contributed by atoms with E-state index in [0.29, 0.717) is 23.9 Å². The Labute approximate surface area is 127 Å². The van der Waals surface area contributed by atoms with E-state index in [1.165, 1.54) is 11.8 Å². The number of carbonyl (C=O) groups is 1. The van der Waals surface area contributed by atoms with Gasteiger partial charge in [0.15, 0.2) is 5.82 Å². The topological polar surface area (TPSA) is 91.2 Å². The Hall–Kier alpha value is -2.02. The van der Waals surface area contributed by atoms with Gasteiger partial charge in [-0.3, -0.25) is 4.79 Å². The van der Waals surface area contributed by atoms with Crippen molar-refractivity contribution in [1.29, 1.82) is 0 Å². The first-order valence-electron chi connectivity index (χ1n) is 6.52. The highest BCUT2D eigenvalue weighted by molar-refractivity contribution is 7.99. The summed E-state index contributed by atoms with van der Waals surface area (Å²) < 4.78 is 10.3. The third-order valence-corrected chi connectivity index (χ3v) is 4.30. The highest BCUT2D eigenvalue weighted by Gasteiger charge is 2.16. The van der Waals surface area contributed by atoms with Gasteiger partial charge in [0, 0.05) is 5.56 Å². The average Bonchev–Trinajstić information content (AvgIpc) is 2.96. The highest BCUT2D eigenvalue weighted by Crippen LogP contribution is 2.23. The fraction of sp³-hybridized carbons (Fsp3) is 0.357. The monoisotopic (exact) mass is 307 g/mol. The zero-order chi connectivity index (χ0) is 15.2. The second kappa shape index (κ2) is 7.12. The Kier molecular flexibility index (Phi) is 5.21. The first kappa shape index (κ1) is 15.4. The van der Waals surface area contributed by atoms with Crippen LogP contribution in [0.4, 0.5) is 0 Å². The first-order chi connectivity index (χ1) is 10.1. The molecule has 7 heteroatoms. The van der Waals surface area contributed by atoms with Crippen LogP contribution in [0.2, 0.25) is 0 Å². The standard InChI is InChI=1S/C14H17N3O3S/c1-3-11(13(15)18)21-8-12-16-14(20-17-12)9-4-6-10(19-2)7-5-9/h4-7,11H,3,8H2,1-2H3,(H2,15,18). The maximum atomic E-state index is 11.2. The molecule has 2 aromatic rings. The number of carbonyl (C=O) groups excluding carboxylic acids is 1. The number of hydrogen-bond donors (Lipinski definition) is 1. The Morgan fingerprint density at radius 2 is 2.14 bits per heavy atom. The molecular weight excluding hydrogens is 290 g/mol. The van der Waals surface area contributed by atoms with Crippen LogP contribution in [0.5, 0.6) is 5.75 Å². The second-order valence-electron chi connectivity index (χ2n) is 4.35. The van der Waals surface area contributed by atoms with E-state index in [9.17, 15) is 4.79 Å². The predicted octanol–water partition coefficient (Wildman–Crippen LogP) is 2.24. The summed E-state index contributed by atoms with van der Waals surface area (Å²) >= 11 is 1.42. The summed E-state index contributed by atoms with van der Waals surface area (Å²) in [5.74, 6) is 1.93. The summed E-state index contributed by atoms with van der Waals surface area (Å²) in [6.45, 7) is 1.92. The van der Waals surface area contributed by atoms with Gasteiger partial charge in [0.05, 0.1) is 18.1 Å². The van der Waals surface area contributed by atoms with Gasteiger partial charge in [-0.15, -0.1) is 11.8 Å². The third kappa shape index (κ3) is 3.98. The molecule has 1 atom stereocenters. The number of benzene rings is 1. The molecule has 0 bridgehead atoms. The number of thioether (sulfide) groups is 1. The average molecular weight is 307 g/mol. The molecule has 2 N–H and O–H groups in total. The lowest BCUT2D eigenvalue weighted by Crippen LogP contribution is -2.25.